The summed E-state index contributed by atoms with van der Waals surface area (Å²) in [6.45, 7) is 6.76. The van der Waals surface area contributed by atoms with E-state index < -0.39 is 0 Å². The molecular formula is C12H25N3O. The molecule has 0 aromatic rings. The molecule has 16 heavy (non-hydrogen) atoms. The Morgan fingerprint density at radius 3 is 2.69 bits per heavy atom. The summed E-state index contributed by atoms with van der Waals surface area (Å²) in [5.74, 6) is 1.24. The standard InChI is InChI=1S/C12H25N3O/c1-3-8-14-12(13-4-2)15-9-10-6-5-7-11(10)16/h10-11,16H,3-9H2,1-2H3,(H2,13,14,15). The number of aliphatic hydroxyl groups is 1. The number of guanidine groups is 1. The highest BCUT2D eigenvalue weighted by atomic mass is 16.3. The van der Waals surface area contributed by atoms with Crippen molar-refractivity contribution < 1.29 is 5.11 Å². The Kier molecular flexibility index (Phi) is 6.23. The number of nitrogens with one attached hydrogen (secondary N) is 2. The van der Waals surface area contributed by atoms with Crippen LogP contribution >= 0.6 is 0 Å². The van der Waals surface area contributed by atoms with Crippen molar-refractivity contribution in [2.24, 2.45) is 10.9 Å². The summed E-state index contributed by atoms with van der Waals surface area (Å²) in [6.07, 6.45) is 4.14. The highest BCUT2D eigenvalue weighted by molar-refractivity contribution is 5.79. The quantitative estimate of drug-likeness (QED) is 0.487. The Hall–Kier alpha value is -0.770. The average molecular weight is 227 g/mol. The van der Waals surface area contributed by atoms with Crippen LogP contribution in [0.2, 0.25) is 0 Å². The van der Waals surface area contributed by atoms with E-state index >= 15 is 0 Å². The largest absolute Gasteiger partial charge is 0.393 e. The molecule has 0 bridgehead atoms. The zero-order valence-corrected chi connectivity index (χ0v) is 10.5. The summed E-state index contributed by atoms with van der Waals surface area (Å²) < 4.78 is 0. The Labute approximate surface area is 98.5 Å². The predicted octanol–water partition coefficient (Wildman–Crippen LogP) is 1.11. The molecule has 1 fully saturated rings. The zero-order chi connectivity index (χ0) is 11.8. The van der Waals surface area contributed by atoms with Gasteiger partial charge in [0.25, 0.3) is 0 Å². The molecule has 1 rings (SSSR count). The summed E-state index contributed by atoms with van der Waals surface area (Å²) in [5.41, 5.74) is 0. The molecule has 0 saturated heterocycles. The van der Waals surface area contributed by atoms with Crippen molar-refractivity contribution in [3.05, 3.63) is 0 Å². The summed E-state index contributed by atoms with van der Waals surface area (Å²) in [4.78, 5) is 4.52. The van der Waals surface area contributed by atoms with Crippen molar-refractivity contribution >= 4 is 5.96 Å². The molecule has 0 radical (unpaired) electrons. The fourth-order valence-electron chi connectivity index (χ4n) is 2.02. The maximum atomic E-state index is 9.70. The minimum absolute atomic E-state index is 0.141. The van der Waals surface area contributed by atoms with E-state index in [-0.39, 0.29) is 6.10 Å². The first-order chi connectivity index (χ1) is 7.77. The lowest BCUT2D eigenvalue weighted by Crippen LogP contribution is -2.38. The van der Waals surface area contributed by atoms with Gasteiger partial charge < -0.3 is 15.7 Å². The fraction of sp³-hybridized carbons (Fsp3) is 0.917. The van der Waals surface area contributed by atoms with E-state index in [1.165, 1.54) is 0 Å². The topological polar surface area (TPSA) is 56.7 Å². The van der Waals surface area contributed by atoms with E-state index in [1.54, 1.807) is 0 Å². The Morgan fingerprint density at radius 1 is 1.31 bits per heavy atom. The highest BCUT2D eigenvalue weighted by Crippen LogP contribution is 2.25. The van der Waals surface area contributed by atoms with Crippen molar-refractivity contribution in [3.8, 4) is 0 Å². The summed E-state index contributed by atoms with van der Waals surface area (Å²) in [5, 5.41) is 16.2. The Bertz CT molecular complexity index is 218. The first-order valence-electron chi connectivity index (χ1n) is 6.48. The van der Waals surface area contributed by atoms with E-state index in [4.69, 9.17) is 0 Å². The third-order valence-electron chi connectivity index (χ3n) is 2.99. The maximum absolute atomic E-state index is 9.70. The van der Waals surface area contributed by atoms with Crippen molar-refractivity contribution in [2.75, 3.05) is 19.6 Å². The molecule has 0 spiro atoms. The smallest absolute Gasteiger partial charge is 0.191 e. The molecule has 3 N–H and O–H groups in total. The molecule has 0 aromatic heterocycles. The zero-order valence-electron chi connectivity index (χ0n) is 10.5. The van der Waals surface area contributed by atoms with E-state index in [0.29, 0.717) is 5.92 Å². The third-order valence-corrected chi connectivity index (χ3v) is 2.99. The van der Waals surface area contributed by atoms with Gasteiger partial charge in [-0.25, -0.2) is 0 Å². The second-order valence-corrected chi connectivity index (χ2v) is 4.40. The molecule has 0 aliphatic heterocycles. The molecule has 0 aromatic carbocycles. The van der Waals surface area contributed by atoms with Crippen LogP contribution in [0.1, 0.15) is 39.5 Å². The number of rotatable bonds is 5. The van der Waals surface area contributed by atoms with Crippen LogP contribution in [0.25, 0.3) is 0 Å². The van der Waals surface area contributed by atoms with Crippen molar-refractivity contribution in [3.63, 3.8) is 0 Å². The van der Waals surface area contributed by atoms with Gasteiger partial charge in [0, 0.05) is 25.6 Å². The number of aliphatic hydroxyl groups excluding tert-OH is 1. The molecule has 0 heterocycles. The molecule has 4 heteroatoms. The average Bonchev–Trinajstić information content (AvgIpc) is 2.68. The number of hydrogen-bond donors (Lipinski definition) is 3. The monoisotopic (exact) mass is 227 g/mol. The van der Waals surface area contributed by atoms with Gasteiger partial charge in [-0.05, 0) is 26.2 Å². The SMILES string of the molecule is CCCNC(=NCC1CCCC1O)NCC. The first-order valence-corrected chi connectivity index (χ1v) is 6.48. The summed E-state index contributed by atoms with van der Waals surface area (Å²) >= 11 is 0. The van der Waals surface area contributed by atoms with Crippen LogP contribution < -0.4 is 10.6 Å². The molecule has 2 unspecified atom stereocenters. The van der Waals surface area contributed by atoms with Gasteiger partial charge in [0.05, 0.1) is 6.10 Å². The van der Waals surface area contributed by atoms with Crippen LogP contribution in [0, 0.1) is 5.92 Å². The van der Waals surface area contributed by atoms with Crippen molar-refractivity contribution in [1.82, 2.24) is 10.6 Å². The highest BCUT2D eigenvalue weighted by Gasteiger charge is 2.24. The lowest BCUT2D eigenvalue weighted by molar-refractivity contribution is 0.136. The van der Waals surface area contributed by atoms with Gasteiger partial charge >= 0.3 is 0 Å². The van der Waals surface area contributed by atoms with Gasteiger partial charge in [0.2, 0.25) is 0 Å². The van der Waals surface area contributed by atoms with E-state index in [9.17, 15) is 5.11 Å². The summed E-state index contributed by atoms with van der Waals surface area (Å²) in [7, 11) is 0. The first kappa shape index (κ1) is 13.3. The van der Waals surface area contributed by atoms with Gasteiger partial charge in [0.1, 0.15) is 0 Å². The minimum atomic E-state index is -0.141. The van der Waals surface area contributed by atoms with Crippen molar-refractivity contribution in [2.45, 2.75) is 45.6 Å². The van der Waals surface area contributed by atoms with Crippen LogP contribution in [0.5, 0.6) is 0 Å². The van der Waals surface area contributed by atoms with Crippen LogP contribution in [0.15, 0.2) is 4.99 Å². The van der Waals surface area contributed by atoms with E-state index in [2.05, 4.69) is 29.5 Å². The maximum Gasteiger partial charge on any atom is 0.191 e. The molecule has 1 saturated carbocycles. The number of hydrogen-bond acceptors (Lipinski definition) is 2. The molecule has 2 atom stereocenters. The number of aliphatic imine (C=N–C) groups is 1. The van der Waals surface area contributed by atoms with Crippen LogP contribution in [-0.2, 0) is 0 Å². The molecular weight excluding hydrogens is 202 g/mol. The van der Waals surface area contributed by atoms with Crippen molar-refractivity contribution in [1.29, 1.82) is 0 Å². The Balaban J connectivity index is 2.36. The molecule has 4 nitrogen and oxygen atoms in total. The van der Waals surface area contributed by atoms with E-state index in [1.807, 2.05) is 0 Å². The predicted molar refractivity (Wildman–Crippen MR) is 67.6 cm³/mol. The van der Waals surface area contributed by atoms with Gasteiger partial charge in [-0.1, -0.05) is 13.3 Å². The van der Waals surface area contributed by atoms with E-state index in [0.717, 1.165) is 51.3 Å². The lowest BCUT2D eigenvalue weighted by atomic mass is 10.1. The molecule has 1 aliphatic rings. The fourth-order valence-corrected chi connectivity index (χ4v) is 2.02. The molecule has 94 valence electrons. The molecule has 0 amide bonds. The third kappa shape index (κ3) is 4.39. The van der Waals surface area contributed by atoms with Gasteiger partial charge in [-0.3, -0.25) is 4.99 Å². The van der Waals surface area contributed by atoms with Gasteiger partial charge in [-0.15, -0.1) is 0 Å². The lowest BCUT2D eigenvalue weighted by Gasteiger charge is -2.14. The van der Waals surface area contributed by atoms with Crippen LogP contribution in [0.3, 0.4) is 0 Å². The minimum Gasteiger partial charge on any atom is -0.393 e. The van der Waals surface area contributed by atoms with Crippen LogP contribution in [0.4, 0.5) is 0 Å². The second kappa shape index (κ2) is 7.49. The number of nitrogens with zero attached hydrogens (tertiary/aromatic N) is 1. The van der Waals surface area contributed by atoms with Gasteiger partial charge in [-0.2, -0.15) is 0 Å². The molecule has 1 aliphatic carbocycles. The second-order valence-electron chi connectivity index (χ2n) is 4.40. The normalized spacial score (nSPS) is 25.8. The summed E-state index contributed by atoms with van der Waals surface area (Å²) in [6, 6.07) is 0. The van der Waals surface area contributed by atoms with Crippen LogP contribution in [-0.4, -0.2) is 36.8 Å². The van der Waals surface area contributed by atoms with Gasteiger partial charge in [0.15, 0.2) is 5.96 Å². The Morgan fingerprint density at radius 2 is 2.12 bits per heavy atom.